The molecular formula is C9H14N4O. The molecule has 0 aliphatic rings. The molecule has 0 aliphatic carbocycles. The van der Waals surface area contributed by atoms with Gasteiger partial charge in [0, 0.05) is 7.05 Å². The lowest BCUT2D eigenvalue weighted by Crippen LogP contribution is -2.26. The van der Waals surface area contributed by atoms with Crippen LogP contribution in [0.15, 0.2) is 12.1 Å². The lowest BCUT2D eigenvalue weighted by atomic mass is 10.3. The van der Waals surface area contributed by atoms with Crippen LogP contribution in [0.3, 0.4) is 0 Å². The number of nitrogens with zero attached hydrogens (tertiary/aromatic N) is 1. The Hall–Kier alpha value is -1.78. The number of nitrogens with two attached hydrogens (primary N) is 1. The molecule has 4 N–H and O–H groups in total. The number of aromatic nitrogens is 1. The van der Waals surface area contributed by atoms with E-state index in [-0.39, 0.29) is 12.5 Å². The molecule has 0 unspecified atom stereocenters. The van der Waals surface area contributed by atoms with E-state index in [0.29, 0.717) is 11.5 Å². The summed E-state index contributed by atoms with van der Waals surface area (Å²) in [7, 11) is 1.59. The SMILES string of the molecule is CNC(=O)CNc1ccc(N)c(C)n1. The quantitative estimate of drug-likeness (QED) is 0.639. The highest BCUT2D eigenvalue weighted by molar-refractivity contribution is 5.80. The number of anilines is 2. The number of hydrogen-bond donors (Lipinski definition) is 3. The van der Waals surface area contributed by atoms with E-state index in [9.17, 15) is 4.79 Å². The van der Waals surface area contributed by atoms with Gasteiger partial charge in [0.2, 0.25) is 5.91 Å². The van der Waals surface area contributed by atoms with E-state index in [1.54, 1.807) is 19.2 Å². The number of amides is 1. The third-order valence-electron chi connectivity index (χ3n) is 1.84. The van der Waals surface area contributed by atoms with E-state index in [1.807, 2.05) is 6.92 Å². The predicted octanol–water partition coefficient (Wildman–Crippen LogP) is 0.130. The number of pyridine rings is 1. The summed E-state index contributed by atoms with van der Waals surface area (Å²) in [5, 5.41) is 5.39. The first-order chi connectivity index (χ1) is 6.63. The minimum absolute atomic E-state index is 0.0821. The molecule has 0 radical (unpaired) electrons. The van der Waals surface area contributed by atoms with E-state index >= 15 is 0 Å². The van der Waals surface area contributed by atoms with Crippen molar-refractivity contribution in [2.24, 2.45) is 0 Å². The Kier molecular flexibility index (Phi) is 3.28. The van der Waals surface area contributed by atoms with E-state index in [0.717, 1.165) is 5.69 Å². The molecule has 0 bridgehead atoms. The van der Waals surface area contributed by atoms with Crippen LogP contribution < -0.4 is 16.4 Å². The highest BCUT2D eigenvalue weighted by Crippen LogP contribution is 2.11. The standard InChI is InChI=1S/C9H14N4O/c1-6-7(10)3-4-8(13-6)12-5-9(14)11-2/h3-4H,5,10H2,1-2H3,(H,11,14)(H,12,13). The van der Waals surface area contributed by atoms with E-state index in [4.69, 9.17) is 5.73 Å². The second-order valence-electron chi connectivity index (χ2n) is 2.90. The number of aryl methyl sites for hydroxylation is 1. The predicted molar refractivity (Wildman–Crippen MR) is 55.9 cm³/mol. The molecule has 1 aromatic rings. The number of nitrogens with one attached hydrogen (secondary N) is 2. The van der Waals surface area contributed by atoms with Crippen LogP contribution in [-0.2, 0) is 4.79 Å². The Morgan fingerprint density at radius 2 is 2.29 bits per heavy atom. The van der Waals surface area contributed by atoms with Gasteiger partial charge in [0.1, 0.15) is 5.82 Å². The van der Waals surface area contributed by atoms with Crippen LogP contribution in [0.5, 0.6) is 0 Å². The Balaban J connectivity index is 2.60. The molecule has 5 heteroatoms. The molecule has 0 aromatic carbocycles. The summed E-state index contributed by atoms with van der Waals surface area (Å²) in [6.07, 6.45) is 0. The number of rotatable bonds is 3. The van der Waals surface area contributed by atoms with Crippen molar-refractivity contribution in [3.8, 4) is 0 Å². The van der Waals surface area contributed by atoms with Crippen LogP contribution in [0.4, 0.5) is 11.5 Å². The Morgan fingerprint density at radius 1 is 1.57 bits per heavy atom. The summed E-state index contributed by atoms with van der Waals surface area (Å²) in [6.45, 7) is 2.03. The van der Waals surface area contributed by atoms with Gasteiger partial charge in [0.25, 0.3) is 0 Å². The van der Waals surface area contributed by atoms with Crippen LogP contribution in [0, 0.1) is 6.92 Å². The number of carbonyl (C=O) groups excluding carboxylic acids is 1. The maximum absolute atomic E-state index is 10.9. The van der Waals surface area contributed by atoms with Crippen LogP contribution in [-0.4, -0.2) is 24.5 Å². The minimum atomic E-state index is -0.0821. The van der Waals surface area contributed by atoms with Crippen LogP contribution in [0.1, 0.15) is 5.69 Å². The summed E-state index contributed by atoms with van der Waals surface area (Å²) >= 11 is 0. The van der Waals surface area contributed by atoms with Gasteiger partial charge in [-0.2, -0.15) is 0 Å². The molecule has 1 aromatic heterocycles. The highest BCUT2D eigenvalue weighted by Gasteiger charge is 2.00. The molecule has 1 rings (SSSR count). The van der Waals surface area contributed by atoms with Crippen molar-refractivity contribution in [3.05, 3.63) is 17.8 Å². The molecule has 0 spiro atoms. The van der Waals surface area contributed by atoms with E-state index in [2.05, 4.69) is 15.6 Å². The molecule has 0 atom stereocenters. The van der Waals surface area contributed by atoms with Gasteiger partial charge in [-0.15, -0.1) is 0 Å². The van der Waals surface area contributed by atoms with Crippen LogP contribution >= 0.6 is 0 Å². The number of nitrogen functional groups attached to an aromatic ring is 1. The first-order valence-electron chi connectivity index (χ1n) is 4.31. The first-order valence-corrected chi connectivity index (χ1v) is 4.31. The van der Waals surface area contributed by atoms with Crippen molar-refractivity contribution < 1.29 is 4.79 Å². The fourth-order valence-corrected chi connectivity index (χ4v) is 0.929. The summed E-state index contributed by atoms with van der Waals surface area (Å²) < 4.78 is 0. The van der Waals surface area contributed by atoms with Gasteiger partial charge in [0.15, 0.2) is 0 Å². The fourth-order valence-electron chi connectivity index (χ4n) is 0.929. The van der Waals surface area contributed by atoms with Crippen molar-refractivity contribution in [3.63, 3.8) is 0 Å². The summed E-state index contributed by atoms with van der Waals surface area (Å²) in [6, 6.07) is 3.50. The van der Waals surface area contributed by atoms with Gasteiger partial charge in [0.05, 0.1) is 17.9 Å². The molecule has 5 nitrogen and oxygen atoms in total. The van der Waals surface area contributed by atoms with E-state index in [1.165, 1.54) is 0 Å². The molecule has 0 saturated heterocycles. The van der Waals surface area contributed by atoms with E-state index < -0.39 is 0 Å². The van der Waals surface area contributed by atoms with Crippen molar-refractivity contribution in [2.75, 3.05) is 24.6 Å². The van der Waals surface area contributed by atoms with Gasteiger partial charge in [-0.3, -0.25) is 4.79 Å². The molecule has 14 heavy (non-hydrogen) atoms. The van der Waals surface area contributed by atoms with Crippen molar-refractivity contribution in [1.29, 1.82) is 0 Å². The van der Waals surface area contributed by atoms with Gasteiger partial charge < -0.3 is 16.4 Å². The van der Waals surface area contributed by atoms with Crippen molar-refractivity contribution in [1.82, 2.24) is 10.3 Å². The summed E-state index contributed by atoms with van der Waals surface area (Å²) in [4.78, 5) is 15.1. The summed E-state index contributed by atoms with van der Waals surface area (Å²) in [5.74, 6) is 0.571. The average molecular weight is 194 g/mol. The highest BCUT2D eigenvalue weighted by atomic mass is 16.1. The second kappa shape index (κ2) is 4.45. The molecule has 0 aliphatic heterocycles. The summed E-state index contributed by atoms with van der Waals surface area (Å²) in [5.41, 5.74) is 7.01. The number of carbonyl (C=O) groups is 1. The van der Waals surface area contributed by atoms with Gasteiger partial charge >= 0.3 is 0 Å². The lowest BCUT2D eigenvalue weighted by Gasteiger charge is -2.06. The number of hydrogen-bond acceptors (Lipinski definition) is 4. The normalized spacial score (nSPS) is 9.57. The van der Waals surface area contributed by atoms with Gasteiger partial charge in [-0.05, 0) is 19.1 Å². The van der Waals surface area contributed by atoms with Crippen molar-refractivity contribution in [2.45, 2.75) is 6.92 Å². The molecular weight excluding hydrogens is 180 g/mol. The zero-order chi connectivity index (χ0) is 10.6. The maximum atomic E-state index is 10.9. The first kappa shape index (κ1) is 10.3. The second-order valence-corrected chi connectivity index (χ2v) is 2.90. The average Bonchev–Trinajstić information content (AvgIpc) is 2.19. The van der Waals surface area contributed by atoms with Crippen LogP contribution in [0.25, 0.3) is 0 Å². The molecule has 1 heterocycles. The zero-order valence-electron chi connectivity index (χ0n) is 8.29. The third kappa shape index (κ3) is 2.62. The monoisotopic (exact) mass is 194 g/mol. The Bertz CT molecular complexity index is 338. The number of likely N-dealkylation sites (N-methyl/N-ethyl adjacent to an activating group) is 1. The minimum Gasteiger partial charge on any atom is -0.397 e. The Labute approximate surface area is 82.7 Å². The van der Waals surface area contributed by atoms with Crippen molar-refractivity contribution >= 4 is 17.4 Å². The molecule has 0 saturated carbocycles. The third-order valence-corrected chi connectivity index (χ3v) is 1.84. The van der Waals surface area contributed by atoms with Gasteiger partial charge in [-0.25, -0.2) is 4.98 Å². The van der Waals surface area contributed by atoms with Crippen LogP contribution in [0.2, 0.25) is 0 Å². The zero-order valence-corrected chi connectivity index (χ0v) is 8.29. The lowest BCUT2D eigenvalue weighted by molar-refractivity contribution is -0.118. The van der Waals surface area contributed by atoms with Gasteiger partial charge in [-0.1, -0.05) is 0 Å². The molecule has 76 valence electrons. The topological polar surface area (TPSA) is 80.0 Å². The fraction of sp³-hybridized carbons (Fsp3) is 0.333. The smallest absolute Gasteiger partial charge is 0.239 e. The maximum Gasteiger partial charge on any atom is 0.239 e. The largest absolute Gasteiger partial charge is 0.397 e. The molecule has 0 fully saturated rings. The Morgan fingerprint density at radius 3 is 2.86 bits per heavy atom. The molecule has 1 amide bonds.